The Morgan fingerprint density at radius 3 is 2.90 bits per heavy atom. The normalized spacial score (nSPS) is 15.2. The Balaban J connectivity index is 1.89. The minimum atomic E-state index is -0.178. The maximum Gasteiger partial charge on any atom is 0.236 e. The Bertz CT molecular complexity index is 485. The molecule has 116 valence electrons. The first-order chi connectivity index (χ1) is 10.1. The topological polar surface area (TPSA) is 53.2 Å². The van der Waals surface area contributed by atoms with Crippen molar-refractivity contribution >= 4 is 11.6 Å². The standard InChI is InChI=1S/C17H27N3O/c1-12(2)10-20-17(21)13(3)19-11-15-7-4-6-14-8-5-9-18-16(14)15/h4,6-7,12-13,18-19H,5,8-11H2,1-3H3,(H,20,21). The molecule has 0 fully saturated rings. The van der Waals surface area contributed by atoms with E-state index in [1.54, 1.807) is 0 Å². The van der Waals surface area contributed by atoms with E-state index >= 15 is 0 Å². The lowest BCUT2D eigenvalue weighted by atomic mass is 9.99. The summed E-state index contributed by atoms with van der Waals surface area (Å²) in [6.45, 7) is 8.59. The van der Waals surface area contributed by atoms with Crippen molar-refractivity contribution in [3.05, 3.63) is 29.3 Å². The number of para-hydroxylation sites is 1. The molecule has 1 aliphatic rings. The molecule has 0 aliphatic carbocycles. The van der Waals surface area contributed by atoms with E-state index in [2.05, 4.69) is 48.0 Å². The molecule has 1 atom stereocenters. The first-order valence-corrected chi connectivity index (χ1v) is 7.93. The number of hydrogen-bond donors (Lipinski definition) is 3. The van der Waals surface area contributed by atoms with E-state index < -0.39 is 0 Å². The van der Waals surface area contributed by atoms with E-state index in [0.29, 0.717) is 12.5 Å². The number of carbonyl (C=O) groups is 1. The van der Waals surface area contributed by atoms with Crippen LogP contribution in [-0.4, -0.2) is 25.0 Å². The first-order valence-electron chi connectivity index (χ1n) is 7.93. The Kier molecular flexibility index (Phi) is 5.62. The van der Waals surface area contributed by atoms with Crippen molar-refractivity contribution in [2.24, 2.45) is 5.92 Å². The zero-order chi connectivity index (χ0) is 15.2. The highest BCUT2D eigenvalue weighted by atomic mass is 16.2. The summed E-state index contributed by atoms with van der Waals surface area (Å²) in [6, 6.07) is 6.24. The summed E-state index contributed by atoms with van der Waals surface area (Å²) >= 11 is 0. The van der Waals surface area contributed by atoms with Gasteiger partial charge in [-0.05, 0) is 36.8 Å². The molecular formula is C17H27N3O. The van der Waals surface area contributed by atoms with Gasteiger partial charge in [-0.3, -0.25) is 4.79 Å². The molecule has 3 N–H and O–H groups in total. The van der Waals surface area contributed by atoms with Crippen molar-refractivity contribution < 1.29 is 4.79 Å². The Hall–Kier alpha value is -1.55. The number of carbonyl (C=O) groups excluding carboxylic acids is 1. The van der Waals surface area contributed by atoms with Crippen molar-refractivity contribution in [1.82, 2.24) is 10.6 Å². The monoisotopic (exact) mass is 289 g/mol. The fourth-order valence-corrected chi connectivity index (χ4v) is 2.54. The van der Waals surface area contributed by atoms with Crippen LogP contribution in [0.15, 0.2) is 18.2 Å². The molecule has 4 nitrogen and oxygen atoms in total. The molecule has 0 radical (unpaired) electrons. The van der Waals surface area contributed by atoms with Crippen LogP contribution in [0.25, 0.3) is 0 Å². The summed E-state index contributed by atoms with van der Waals surface area (Å²) in [5, 5.41) is 9.77. The van der Waals surface area contributed by atoms with E-state index in [4.69, 9.17) is 0 Å². The molecule has 0 aromatic heterocycles. The maximum atomic E-state index is 12.0. The van der Waals surface area contributed by atoms with E-state index in [9.17, 15) is 4.79 Å². The molecule has 0 spiro atoms. The molecule has 4 heteroatoms. The summed E-state index contributed by atoms with van der Waals surface area (Å²) in [5.41, 5.74) is 3.89. The summed E-state index contributed by atoms with van der Waals surface area (Å²) in [7, 11) is 0. The number of amides is 1. The highest BCUT2D eigenvalue weighted by molar-refractivity contribution is 5.81. The van der Waals surface area contributed by atoms with E-state index in [1.165, 1.54) is 23.2 Å². The predicted molar refractivity (Wildman–Crippen MR) is 87.4 cm³/mol. The van der Waals surface area contributed by atoms with Gasteiger partial charge in [0.25, 0.3) is 0 Å². The zero-order valence-electron chi connectivity index (χ0n) is 13.3. The molecular weight excluding hydrogens is 262 g/mol. The fourth-order valence-electron chi connectivity index (χ4n) is 2.54. The lowest BCUT2D eigenvalue weighted by molar-refractivity contribution is -0.122. The molecule has 0 saturated carbocycles. The Labute approximate surface area is 127 Å². The van der Waals surface area contributed by atoms with E-state index in [0.717, 1.165) is 19.5 Å². The van der Waals surface area contributed by atoms with Gasteiger partial charge in [-0.25, -0.2) is 0 Å². The third-order valence-electron chi connectivity index (χ3n) is 3.84. The van der Waals surface area contributed by atoms with E-state index in [-0.39, 0.29) is 11.9 Å². The van der Waals surface area contributed by atoms with Crippen LogP contribution in [0, 0.1) is 5.92 Å². The van der Waals surface area contributed by atoms with Crippen molar-refractivity contribution in [2.45, 2.75) is 46.2 Å². The highest BCUT2D eigenvalue weighted by Crippen LogP contribution is 2.25. The van der Waals surface area contributed by atoms with Crippen LogP contribution in [0.1, 0.15) is 38.3 Å². The highest BCUT2D eigenvalue weighted by Gasteiger charge is 2.15. The number of anilines is 1. The zero-order valence-corrected chi connectivity index (χ0v) is 13.3. The Morgan fingerprint density at radius 1 is 1.33 bits per heavy atom. The second-order valence-corrected chi connectivity index (χ2v) is 6.22. The van der Waals surface area contributed by atoms with Crippen molar-refractivity contribution in [2.75, 3.05) is 18.4 Å². The quantitative estimate of drug-likeness (QED) is 0.753. The average Bonchev–Trinajstić information content (AvgIpc) is 2.50. The van der Waals surface area contributed by atoms with Crippen molar-refractivity contribution in [3.63, 3.8) is 0 Å². The maximum absolute atomic E-state index is 12.0. The number of fused-ring (bicyclic) bond motifs is 1. The molecule has 1 aromatic carbocycles. The van der Waals surface area contributed by atoms with Gasteiger partial charge < -0.3 is 16.0 Å². The molecule has 1 amide bonds. The molecule has 0 bridgehead atoms. The molecule has 1 aromatic rings. The van der Waals surface area contributed by atoms with Crippen LogP contribution in [0.5, 0.6) is 0 Å². The molecule has 1 heterocycles. The van der Waals surface area contributed by atoms with Crippen molar-refractivity contribution in [3.8, 4) is 0 Å². The number of nitrogens with one attached hydrogen (secondary N) is 3. The lowest BCUT2D eigenvalue weighted by Gasteiger charge is -2.22. The number of rotatable bonds is 6. The van der Waals surface area contributed by atoms with Crippen molar-refractivity contribution in [1.29, 1.82) is 0 Å². The number of aryl methyl sites for hydroxylation is 1. The van der Waals surface area contributed by atoms with Gasteiger partial charge in [0.15, 0.2) is 0 Å². The molecule has 1 unspecified atom stereocenters. The lowest BCUT2D eigenvalue weighted by Crippen LogP contribution is -2.43. The minimum absolute atomic E-state index is 0.0708. The van der Waals surface area contributed by atoms with Crippen LogP contribution in [-0.2, 0) is 17.8 Å². The smallest absolute Gasteiger partial charge is 0.236 e. The summed E-state index contributed by atoms with van der Waals surface area (Å²) in [6.07, 6.45) is 2.33. The van der Waals surface area contributed by atoms with Gasteiger partial charge in [0.2, 0.25) is 5.91 Å². The summed E-state index contributed by atoms with van der Waals surface area (Å²) in [4.78, 5) is 12.0. The predicted octanol–water partition coefficient (Wildman–Crippen LogP) is 2.29. The molecule has 0 saturated heterocycles. The third kappa shape index (κ3) is 4.46. The average molecular weight is 289 g/mol. The van der Waals surface area contributed by atoms with Gasteiger partial charge in [-0.15, -0.1) is 0 Å². The second-order valence-electron chi connectivity index (χ2n) is 6.22. The molecule has 1 aliphatic heterocycles. The fraction of sp³-hybridized carbons (Fsp3) is 0.588. The van der Waals surface area contributed by atoms with Crippen LogP contribution in [0.4, 0.5) is 5.69 Å². The van der Waals surface area contributed by atoms with Gasteiger partial charge in [-0.1, -0.05) is 32.0 Å². The molecule has 21 heavy (non-hydrogen) atoms. The number of benzene rings is 1. The van der Waals surface area contributed by atoms with Crippen LogP contribution in [0.2, 0.25) is 0 Å². The van der Waals surface area contributed by atoms with Crippen LogP contribution in [0.3, 0.4) is 0 Å². The van der Waals surface area contributed by atoms with Crippen LogP contribution >= 0.6 is 0 Å². The third-order valence-corrected chi connectivity index (χ3v) is 3.84. The molecule has 2 rings (SSSR count). The first kappa shape index (κ1) is 15.8. The SMILES string of the molecule is CC(C)CNC(=O)C(C)NCc1cccc2c1NCCC2. The second kappa shape index (κ2) is 7.46. The number of hydrogen-bond acceptors (Lipinski definition) is 3. The summed E-state index contributed by atoms with van der Waals surface area (Å²) < 4.78 is 0. The van der Waals surface area contributed by atoms with E-state index in [1.807, 2.05) is 6.92 Å². The van der Waals surface area contributed by atoms with Gasteiger partial charge in [0.1, 0.15) is 0 Å². The van der Waals surface area contributed by atoms with Gasteiger partial charge >= 0.3 is 0 Å². The van der Waals surface area contributed by atoms with Gasteiger partial charge in [0, 0.05) is 25.3 Å². The van der Waals surface area contributed by atoms with Gasteiger partial charge in [0.05, 0.1) is 6.04 Å². The van der Waals surface area contributed by atoms with Gasteiger partial charge in [-0.2, -0.15) is 0 Å². The largest absolute Gasteiger partial charge is 0.385 e. The summed E-state index contributed by atoms with van der Waals surface area (Å²) in [5.74, 6) is 0.549. The Morgan fingerprint density at radius 2 is 2.14 bits per heavy atom. The minimum Gasteiger partial charge on any atom is -0.385 e. The van der Waals surface area contributed by atoms with Crippen LogP contribution < -0.4 is 16.0 Å².